The molecular weight excluding hydrogens is 232 g/mol. The zero-order valence-electron chi connectivity index (χ0n) is 12.2. The van der Waals surface area contributed by atoms with E-state index in [4.69, 9.17) is 5.11 Å². The van der Waals surface area contributed by atoms with Crippen LogP contribution in [0.4, 0.5) is 0 Å². The molecule has 0 amide bonds. The van der Waals surface area contributed by atoms with Crippen molar-refractivity contribution in [1.82, 2.24) is 0 Å². The summed E-state index contributed by atoms with van der Waals surface area (Å²) in [6.45, 7) is 2.49. The van der Waals surface area contributed by atoms with Crippen LogP contribution in [0.15, 0.2) is 0 Å². The van der Waals surface area contributed by atoms with Crippen LogP contribution >= 0.6 is 0 Å². The minimum atomic E-state index is 0.290. The van der Waals surface area contributed by atoms with Gasteiger partial charge in [-0.1, -0.05) is 49.9 Å². The minimum absolute atomic E-state index is 0.290. The highest BCUT2D eigenvalue weighted by Crippen LogP contribution is 1.97. The maximum atomic E-state index is 8.60. The van der Waals surface area contributed by atoms with Crippen LogP contribution in [-0.2, 0) is 0 Å². The fourth-order valence-electron chi connectivity index (χ4n) is 1.48. The highest BCUT2D eigenvalue weighted by atomic mass is 16.2. The third-order valence-electron chi connectivity index (χ3n) is 2.59. The van der Waals surface area contributed by atoms with Gasteiger partial charge in [-0.25, -0.2) is 0 Å². The number of hydrogen-bond acceptors (Lipinski definition) is 1. The number of unbranched alkanes of at least 4 members (excludes halogenated alkanes) is 6. The van der Waals surface area contributed by atoms with E-state index in [0.717, 1.165) is 32.1 Å². The first-order valence-corrected chi connectivity index (χ1v) is 7.39. The summed E-state index contributed by atoms with van der Waals surface area (Å²) in [5.41, 5.74) is 0. The van der Waals surface area contributed by atoms with Crippen LogP contribution in [0.2, 0.25) is 0 Å². The molecule has 104 valence electrons. The van der Waals surface area contributed by atoms with Gasteiger partial charge in [0.1, 0.15) is 0 Å². The Labute approximate surface area is 119 Å². The molecule has 0 fully saturated rings. The Kier molecular flexibility index (Phi) is 15.4. The molecule has 0 saturated carbocycles. The molecule has 1 heteroatoms. The molecule has 0 unspecified atom stereocenters. The quantitative estimate of drug-likeness (QED) is 0.542. The normalized spacial score (nSPS) is 8.53. The second-order valence-corrected chi connectivity index (χ2v) is 4.41. The number of hydrogen-bond donors (Lipinski definition) is 1. The van der Waals surface area contributed by atoms with E-state index in [1.165, 1.54) is 19.3 Å². The van der Waals surface area contributed by atoms with Gasteiger partial charge in [0.2, 0.25) is 0 Å². The van der Waals surface area contributed by atoms with Crippen molar-refractivity contribution in [3.05, 3.63) is 0 Å². The van der Waals surface area contributed by atoms with Crippen LogP contribution in [0.25, 0.3) is 0 Å². The zero-order valence-corrected chi connectivity index (χ0v) is 12.2. The van der Waals surface area contributed by atoms with Crippen molar-refractivity contribution in [3.8, 4) is 35.5 Å². The Bertz CT molecular complexity index is 362. The van der Waals surface area contributed by atoms with E-state index in [9.17, 15) is 0 Å². The van der Waals surface area contributed by atoms with Gasteiger partial charge in [0, 0.05) is 19.4 Å². The maximum absolute atomic E-state index is 8.60. The summed E-state index contributed by atoms with van der Waals surface area (Å²) < 4.78 is 0. The lowest BCUT2D eigenvalue weighted by Crippen LogP contribution is -1.81. The van der Waals surface area contributed by atoms with Crippen molar-refractivity contribution in [2.45, 2.75) is 71.1 Å². The van der Waals surface area contributed by atoms with Crippen molar-refractivity contribution >= 4 is 0 Å². The molecule has 0 aromatic heterocycles. The second kappa shape index (κ2) is 16.6. The summed E-state index contributed by atoms with van der Waals surface area (Å²) in [7, 11) is 0. The third-order valence-corrected chi connectivity index (χ3v) is 2.59. The molecule has 0 bridgehead atoms. The van der Waals surface area contributed by atoms with Crippen molar-refractivity contribution < 1.29 is 5.11 Å². The molecule has 0 heterocycles. The summed E-state index contributed by atoms with van der Waals surface area (Å²) >= 11 is 0. The van der Waals surface area contributed by atoms with Crippen molar-refractivity contribution in [2.24, 2.45) is 0 Å². The largest absolute Gasteiger partial charge is 0.396 e. The minimum Gasteiger partial charge on any atom is -0.396 e. The Morgan fingerprint density at radius 1 is 0.632 bits per heavy atom. The van der Waals surface area contributed by atoms with E-state index in [2.05, 4.69) is 42.4 Å². The molecule has 0 aromatic carbocycles. The lowest BCUT2D eigenvalue weighted by Gasteiger charge is -1.90. The first-order valence-electron chi connectivity index (χ1n) is 7.39. The van der Waals surface area contributed by atoms with Gasteiger partial charge in [0.05, 0.1) is 12.8 Å². The summed E-state index contributed by atoms with van der Waals surface area (Å²) in [5, 5.41) is 8.60. The van der Waals surface area contributed by atoms with Gasteiger partial charge in [-0.2, -0.15) is 0 Å². The Morgan fingerprint density at radius 2 is 1.16 bits per heavy atom. The summed E-state index contributed by atoms with van der Waals surface area (Å²) in [6, 6.07) is 0. The topological polar surface area (TPSA) is 20.2 Å². The fourth-order valence-corrected chi connectivity index (χ4v) is 1.48. The van der Waals surface area contributed by atoms with Crippen LogP contribution in [0.1, 0.15) is 71.1 Å². The molecular formula is C18H26O. The average Bonchev–Trinajstić information content (AvgIpc) is 2.43. The SMILES string of the molecule is CCCCCC#CCC#CCC#CCCCCCO. The van der Waals surface area contributed by atoms with E-state index < -0.39 is 0 Å². The predicted octanol–water partition coefficient (Wildman–Crippen LogP) is 3.91. The van der Waals surface area contributed by atoms with E-state index in [-0.39, 0.29) is 0 Å². The van der Waals surface area contributed by atoms with Gasteiger partial charge in [0.15, 0.2) is 0 Å². The lowest BCUT2D eigenvalue weighted by molar-refractivity contribution is 0.283. The van der Waals surface area contributed by atoms with Gasteiger partial charge in [0.25, 0.3) is 0 Å². The summed E-state index contributed by atoms with van der Waals surface area (Å²) in [6.07, 6.45) is 9.99. The molecule has 0 atom stereocenters. The molecule has 0 radical (unpaired) electrons. The number of rotatable bonds is 7. The van der Waals surface area contributed by atoms with E-state index in [0.29, 0.717) is 19.4 Å². The van der Waals surface area contributed by atoms with Crippen molar-refractivity contribution in [2.75, 3.05) is 6.61 Å². The monoisotopic (exact) mass is 258 g/mol. The second-order valence-electron chi connectivity index (χ2n) is 4.41. The highest BCUT2D eigenvalue weighted by Gasteiger charge is 1.83. The zero-order chi connectivity index (χ0) is 14.0. The molecule has 1 nitrogen and oxygen atoms in total. The van der Waals surface area contributed by atoms with Gasteiger partial charge in [-0.3, -0.25) is 0 Å². The molecule has 0 aliphatic carbocycles. The predicted molar refractivity (Wildman–Crippen MR) is 82.3 cm³/mol. The van der Waals surface area contributed by atoms with Crippen LogP contribution < -0.4 is 0 Å². The molecule has 0 saturated heterocycles. The van der Waals surface area contributed by atoms with Gasteiger partial charge in [-0.05, 0) is 19.3 Å². The molecule has 1 N–H and O–H groups in total. The molecule has 0 spiro atoms. The van der Waals surface area contributed by atoms with E-state index >= 15 is 0 Å². The molecule has 0 aromatic rings. The van der Waals surface area contributed by atoms with Crippen molar-refractivity contribution in [3.63, 3.8) is 0 Å². The van der Waals surface area contributed by atoms with E-state index in [1.54, 1.807) is 0 Å². The van der Waals surface area contributed by atoms with Crippen LogP contribution in [0, 0.1) is 35.5 Å². The Balaban J connectivity index is 3.41. The molecule has 0 aliphatic rings. The van der Waals surface area contributed by atoms with Gasteiger partial charge < -0.3 is 5.11 Å². The Hall–Kier alpha value is -1.36. The number of aliphatic hydroxyl groups is 1. The highest BCUT2D eigenvalue weighted by molar-refractivity contribution is 5.16. The van der Waals surface area contributed by atoms with Crippen LogP contribution in [0.5, 0.6) is 0 Å². The molecule has 0 aliphatic heterocycles. The number of aliphatic hydroxyl groups excluding tert-OH is 1. The van der Waals surface area contributed by atoms with Crippen LogP contribution in [0.3, 0.4) is 0 Å². The standard InChI is InChI=1S/C18H26O/c1-2-3-4-5-6-7-8-9-10-11-12-13-14-15-16-17-18-19/h19H,2-5,8,11,14-18H2,1H3. The lowest BCUT2D eigenvalue weighted by atomic mass is 10.2. The molecule has 0 rings (SSSR count). The summed E-state index contributed by atoms with van der Waals surface area (Å²) in [5.74, 6) is 18.4. The summed E-state index contributed by atoms with van der Waals surface area (Å²) in [4.78, 5) is 0. The smallest absolute Gasteiger partial charge is 0.0702 e. The first kappa shape index (κ1) is 17.6. The third kappa shape index (κ3) is 16.6. The Morgan fingerprint density at radius 3 is 1.68 bits per heavy atom. The fraction of sp³-hybridized carbons (Fsp3) is 0.667. The van der Waals surface area contributed by atoms with Gasteiger partial charge in [-0.15, -0.1) is 11.8 Å². The van der Waals surface area contributed by atoms with Crippen LogP contribution in [-0.4, -0.2) is 11.7 Å². The van der Waals surface area contributed by atoms with Crippen molar-refractivity contribution in [1.29, 1.82) is 0 Å². The van der Waals surface area contributed by atoms with E-state index in [1.807, 2.05) is 0 Å². The van der Waals surface area contributed by atoms with Gasteiger partial charge >= 0.3 is 0 Å². The first-order chi connectivity index (χ1) is 9.41. The maximum Gasteiger partial charge on any atom is 0.0702 e. The average molecular weight is 258 g/mol. The molecule has 19 heavy (non-hydrogen) atoms.